The molecule has 0 radical (unpaired) electrons. The fourth-order valence-electron chi connectivity index (χ4n) is 2.28. The number of amides is 1. The van der Waals surface area contributed by atoms with Crippen LogP contribution in [0.15, 0.2) is 30.5 Å². The highest BCUT2D eigenvalue weighted by Gasteiger charge is 2.28. The van der Waals surface area contributed by atoms with Gasteiger partial charge in [-0.2, -0.15) is 0 Å². The highest BCUT2D eigenvalue weighted by atomic mass is 16.5. The van der Waals surface area contributed by atoms with E-state index in [2.05, 4.69) is 9.97 Å². The molecule has 1 unspecified atom stereocenters. The molecular formula is C14H15N3O3. The number of hydrogen-bond donors (Lipinski definition) is 1. The van der Waals surface area contributed by atoms with E-state index in [1.165, 1.54) is 6.20 Å². The number of aliphatic hydroxyl groups is 1. The zero-order valence-corrected chi connectivity index (χ0v) is 10.9. The van der Waals surface area contributed by atoms with E-state index in [0.29, 0.717) is 31.0 Å². The van der Waals surface area contributed by atoms with Crippen molar-refractivity contribution in [1.82, 2.24) is 14.9 Å². The second kappa shape index (κ2) is 5.52. The minimum absolute atomic E-state index is 0.118. The zero-order valence-electron chi connectivity index (χ0n) is 10.9. The molecule has 0 aliphatic carbocycles. The minimum Gasteiger partial charge on any atom is -0.394 e. The van der Waals surface area contributed by atoms with Crippen LogP contribution in [-0.4, -0.2) is 58.3 Å². The lowest BCUT2D eigenvalue weighted by molar-refractivity contribution is -0.0186. The number of aromatic nitrogens is 2. The molecule has 1 aliphatic heterocycles. The predicted molar refractivity (Wildman–Crippen MR) is 72.3 cm³/mol. The van der Waals surface area contributed by atoms with Gasteiger partial charge in [0.15, 0.2) is 0 Å². The van der Waals surface area contributed by atoms with Crippen LogP contribution in [0.4, 0.5) is 0 Å². The van der Waals surface area contributed by atoms with Crippen LogP contribution in [0.25, 0.3) is 11.0 Å². The normalized spacial score (nSPS) is 19.2. The third kappa shape index (κ3) is 2.35. The van der Waals surface area contributed by atoms with Crippen molar-refractivity contribution in [3.63, 3.8) is 0 Å². The van der Waals surface area contributed by atoms with Crippen LogP contribution >= 0.6 is 0 Å². The van der Waals surface area contributed by atoms with Crippen LogP contribution in [0.1, 0.15) is 10.5 Å². The highest BCUT2D eigenvalue weighted by Crippen LogP contribution is 2.13. The van der Waals surface area contributed by atoms with Crippen molar-refractivity contribution < 1.29 is 14.6 Å². The minimum atomic E-state index is -0.315. The van der Waals surface area contributed by atoms with Crippen molar-refractivity contribution in [2.75, 3.05) is 26.4 Å². The SMILES string of the molecule is O=C(c1cnc2ccccc2n1)N1CCOCC1CO. The zero-order chi connectivity index (χ0) is 13.9. The first-order chi connectivity index (χ1) is 9.79. The topological polar surface area (TPSA) is 75.6 Å². The Morgan fingerprint density at radius 1 is 1.40 bits per heavy atom. The van der Waals surface area contributed by atoms with Gasteiger partial charge >= 0.3 is 0 Å². The smallest absolute Gasteiger partial charge is 0.274 e. The standard InChI is InChI=1S/C14H15N3O3/c18-8-10-9-20-6-5-17(10)14(19)13-7-15-11-3-1-2-4-12(11)16-13/h1-4,7,10,18H,5-6,8-9H2. The Hall–Kier alpha value is -2.05. The van der Waals surface area contributed by atoms with E-state index < -0.39 is 0 Å². The van der Waals surface area contributed by atoms with E-state index in [0.717, 1.165) is 5.52 Å². The molecule has 2 aromatic rings. The largest absolute Gasteiger partial charge is 0.394 e. The predicted octanol–water partition coefficient (Wildman–Crippen LogP) is 0.463. The molecule has 1 saturated heterocycles. The van der Waals surface area contributed by atoms with Gasteiger partial charge in [0.25, 0.3) is 5.91 Å². The summed E-state index contributed by atoms with van der Waals surface area (Å²) in [6.07, 6.45) is 1.48. The molecule has 6 heteroatoms. The van der Waals surface area contributed by atoms with E-state index in [-0.39, 0.29) is 18.6 Å². The second-order valence-electron chi connectivity index (χ2n) is 4.65. The number of nitrogens with zero attached hydrogens (tertiary/aromatic N) is 3. The molecule has 0 saturated carbocycles. The summed E-state index contributed by atoms with van der Waals surface area (Å²) in [7, 11) is 0. The van der Waals surface area contributed by atoms with Crippen molar-refractivity contribution in [1.29, 1.82) is 0 Å². The molecule has 1 N–H and O–H groups in total. The maximum atomic E-state index is 12.5. The lowest BCUT2D eigenvalue weighted by Crippen LogP contribution is -2.50. The Labute approximate surface area is 116 Å². The molecule has 1 fully saturated rings. The van der Waals surface area contributed by atoms with Gasteiger partial charge in [-0.15, -0.1) is 0 Å². The van der Waals surface area contributed by atoms with Crippen LogP contribution in [0.5, 0.6) is 0 Å². The van der Waals surface area contributed by atoms with Crippen LogP contribution in [0.3, 0.4) is 0 Å². The van der Waals surface area contributed by atoms with Crippen molar-refractivity contribution in [3.8, 4) is 0 Å². The maximum absolute atomic E-state index is 12.5. The van der Waals surface area contributed by atoms with Crippen LogP contribution < -0.4 is 0 Å². The Kier molecular flexibility index (Phi) is 3.58. The van der Waals surface area contributed by atoms with Gasteiger partial charge in [-0.3, -0.25) is 9.78 Å². The number of benzene rings is 1. The number of ether oxygens (including phenoxy) is 1. The number of carbonyl (C=O) groups is 1. The van der Waals surface area contributed by atoms with Gasteiger partial charge in [-0.1, -0.05) is 12.1 Å². The number of para-hydroxylation sites is 2. The lowest BCUT2D eigenvalue weighted by Gasteiger charge is -2.34. The van der Waals surface area contributed by atoms with Crippen LogP contribution in [-0.2, 0) is 4.74 Å². The number of hydrogen-bond acceptors (Lipinski definition) is 5. The Bertz CT molecular complexity index is 632. The van der Waals surface area contributed by atoms with Crippen molar-refractivity contribution in [2.24, 2.45) is 0 Å². The van der Waals surface area contributed by atoms with E-state index in [1.807, 2.05) is 24.3 Å². The lowest BCUT2D eigenvalue weighted by atomic mass is 10.2. The van der Waals surface area contributed by atoms with E-state index in [1.54, 1.807) is 4.90 Å². The van der Waals surface area contributed by atoms with Gasteiger partial charge in [-0.25, -0.2) is 4.98 Å². The number of carbonyl (C=O) groups excluding carboxylic acids is 1. The Morgan fingerprint density at radius 3 is 3.00 bits per heavy atom. The molecule has 0 bridgehead atoms. The average molecular weight is 273 g/mol. The number of aliphatic hydroxyl groups excluding tert-OH is 1. The van der Waals surface area contributed by atoms with Gasteiger partial charge in [0, 0.05) is 6.54 Å². The van der Waals surface area contributed by atoms with Crippen LogP contribution in [0, 0.1) is 0 Å². The molecule has 1 aromatic carbocycles. The maximum Gasteiger partial charge on any atom is 0.274 e. The third-order valence-electron chi connectivity index (χ3n) is 3.37. The fraction of sp³-hybridized carbons (Fsp3) is 0.357. The van der Waals surface area contributed by atoms with E-state index >= 15 is 0 Å². The number of morpholine rings is 1. The second-order valence-corrected chi connectivity index (χ2v) is 4.65. The number of fused-ring (bicyclic) bond motifs is 1. The van der Waals surface area contributed by atoms with E-state index in [4.69, 9.17) is 4.74 Å². The van der Waals surface area contributed by atoms with E-state index in [9.17, 15) is 9.90 Å². The summed E-state index contributed by atoms with van der Waals surface area (Å²) >= 11 is 0. The van der Waals surface area contributed by atoms with Crippen molar-refractivity contribution >= 4 is 16.9 Å². The third-order valence-corrected chi connectivity index (χ3v) is 3.37. The molecule has 1 aromatic heterocycles. The highest BCUT2D eigenvalue weighted by molar-refractivity contribution is 5.94. The molecule has 6 nitrogen and oxygen atoms in total. The van der Waals surface area contributed by atoms with Gasteiger partial charge in [0.05, 0.1) is 43.1 Å². The first-order valence-electron chi connectivity index (χ1n) is 6.51. The molecule has 104 valence electrons. The molecule has 3 rings (SSSR count). The molecule has 1 aliphatic rings. The summed E-state index contributed by atoms with van der Waals surface area (Å²) in [6.45, 7) is 1.16. The quantitative estimate of drug-likeness (QED) is 0.860. The van der Waals surface area contributed by atoms with Gasteiger partial charge in [0.2, 0.25) is 0 Å². The Morgan fingerprint density at radius 2 is 2.20 bits per heavy atom. The first-order valence-corrected chi connectivity index (χ1v) is 6.51. The van der Waals surface area contributed by atoms with Gasteiger partial charge < -0.3 is 14.7 Å². The fourth-order valence-corrected chi connectivity index (χ4v) is 2.28. The van der Waals surface area contributed by atoms with Gasteiger partial charge in [-0.05, 0) is 12.1 Å². The van der Waals surface area contributed by atoms with Crippen molar-refractivity contribution in [3.05, 3.63) is 36.2 Å². The molecule has 0 spiro atoms. The summed E-state index contributed by atoms with van der Waals surface area (Å²) in [4.78, 5) is 22.7. The monoisotopic (exact) mass is 273 g/mol. The van der Waals surface area contributed by atoms with Gasteiger partial charge in [0.1, 0.15) is 5.69 Å². The van der Waals surface area contributed by atoms with Crippen LogP contribution in [0.2, 0.25) is 0 Å². The molecule has 1 atom stereocenters. The van der Waals surface area contributed by atoms with Crippen molar-refractivity contribution in [2.45, 2.75) is 6.04 Å². The Balaban J connectivity index is 1.91. The molecular weight excluding hydrogens is 258 g/mol. The molecule has 2 heterocycles. The first kappa shape index (κ1) is 13.0. The molecule has 1 amide bonds. The summed E-state index contributed by atoms with van der Waals surface area (Å²) < 4.78 is 5.27. The summed E-state index contributed by atoms with van der Waals surface area (Å²) in [5.74, 6) is -0.217. The number of rotatable bonds is 2. The summed E-state index contributed by atoms with van der Waals surface area (Å²) in [5.41, 5.74) is 1.74. The molecule has 20 heavy (non-hydrogen) atoms. The summed E-state index contributed by atoms with van der Waals surface area (Å²) in [6, 6.07) is 7.09. The average Bonchev–Trinajstić information content (AvgIpc) is 2.53. The summed E-state index contributed by atoms with van der Waals surface area (Å²) in [5, 5.41) is 9.32.